The van der Waals surface area contributed by atoms with Crippen molar-refractivity contribution in [2.24, 2.45) is 7.05 Å². The predicted octanol–water partition coefficient (Wildman–Crippen LogP) is 3.25. The van der Waals surface area contributed by atoms with Gasteiger partial charge in [0, 0.05) is 18.7 Å². The first kappa shape index (κ1) is 16.9. The minimum absolute atomic E-state index is 0.0981. The van der Waals surface area contributed by atoms with E-state index in [1.54, 1.807) is 7.11 Å². The molecular formula is C18H23N3O2S. The second kappa shape index (κ2) is 7.75. The van der Waals surface area contributed by atoms with Crippen molar-refractivity contribution in [2.75, 3.05) is 12.9 Å². The Hall–Kier alpha value is -1.95. The Morgan fingerprint density at radius 3 is 2.71 bits per heavy atom. The molecule has 0 bridgehead atoms. The third kappa shape index (κ3) is 3.93. The fraction of sp³-hybridized carbons (Fsp3) is 0.444. The highest BCUT2D eigenvalue weighted by Crippen LogP contribution is 2.26. The van der Waals surface area contributed by atoms with Crippen LogP contribution in [-0.2, 0) is 11.8 Å². The number of nitrogens with zero attached hydrogens (tertiary/aromatic N) is 2. The van der Waals surface area contributed by atoms with Gasteiger partial charge in [-0.05, 0) is 37.1 Å². The van der Waals surface area contributed by atoms with Crippen molar-refractivity contribution >= 4 is 17.7 Å². The van der Waals surface area contributed by atoms with Crippen LogP contribution in [0.4, 0.5) is 0 Å². The molecule has 1 N–H and O–H groups in total. The van der Waals surface area contributed by atoms with Gasteiger partial charge < -0.3 is 14.6 Å². The molecule has 1 aromatic heterocycles. The van der Waals surface area contributed by atoms with Gasteiger partial charge in [0.05, 0.1) is 24.8 Å². The summed E-state index contributed by atoms with van der Waals surface area (Å²) in [4.78, 5) is 16.5. The van der Waals surface area contributed by atoms with Crippen molar-refractivity contribution in [2.45, 2.75) is 36.9 Å². The van der Waals surface area contributed by atoms with Gasteiger partial charge in [0.25, 0.3) is 0 Å². The zero-order chi connectivity index (χ0) is 16.9. The Labute approximate surface area is 146 Å². The number of aromatic nitrogens is 2. The molecule has 0 saturated heterocycles. The van der Waals surface area contributed by atoms with Crippen LogP contribution in [0.3, 0.4) is 0 Å². The number of carbonyl (C=O) groups excluding carboxylic acids is 1. The van der Waals surface area contributed by atoms with Crippen molar-refractivity contribution in [3.05, 3.63) is 30.5 Å². The highest BCUT2D eigenvalue weighted by Gasteiger charge is 2.18. The monoisotopic (exact) mass is 345 g/mol. The van der Waals surface area contributed by atoms with E-state index in [0.29, 0.717) is 11.8 Å². The lowest BCUT2D eigenvalue weighted by molar-refractivity contribution is -0.119. The lowest BCUT2D eigenvalue weighted by atomic mass is 10.1. The Morgan fingerprint density at radius 2 is 2.04 bits per heavy atom. The molecule has 0 aliphatic heterocycles. The van der Waals surface area contributed by atoms with E-state index in [1.165, 1.54) is 24.6 Å². The number of hydrogen-bond donors (Lipinski definition) is 1. The molecule has 128 valence electrons. The van der Waals surface area contributed by atoms with E-state index in [2.05, 4.69) is 10.3 Å². The quantitative estimate of drug-likeness (QED) is 0.817. The fourth-order valence-electron chi connectivity index (χ4n) is 3.03. The summed E-state index contributed by atoms with van der Waals surface area (Å²) in [6.45, 7) is 0. The molecular weight excluding hydrogens is 322 g/mol. The van der Waals surface area contributed by atoms with E-state index < -0.39 is 0 Å². The molecule has 6 heteroatoms. The molecule has 3 rings (SSSR count). The molecule has 2 aromatic rings. The van der Waals surface area contributed by atoms with Gasteiger partial charge >= 0.3 is 0 Å². The largest absolute Gasteiger partial charge is 0.497 e. The van der Waals surface area contributed by atoms with Crippen molar-refractivity contribution in [3.63, 3.8) is 0 Å². The second-order valence-electron chi connectivity index (χ2n) is 6.05. The molecule has 0 atom stereocenters. The average molecular weight is 345 g/mol. The summed E-state index contributed by atoms with van der Waals surface area (Å²) in [7, 11) is 3.63. The summed E-state index contributed by atoms with van der Waals surface area (Å²) in [5.41, 5.74) is 2.10. The topological polar surface area (TPSA) is 56.1 Å². The van der Waals surface area contributed by atoms with Crippen molar-refractivity contribution in [1.29, 1.82) is 0 Å². The number of imidazole rings is 1. The number of methoxy groups -OCH3 is 1. The van der Waals surface area contributed by atoms with Crippen LogP contribution in [-0.4, -0.2) is 34.4 Å². The van der Waals surface area contributed by atoms with E-state index in [0.717, 1.165) is 35.0 Å². The normalized spacial score (nSPS) is 14.8. The van der Waals surface area contributed by atoms with Gasteiger partial charge in [-0.2, -0.15) is 0 Å². The van der Waals surface area contributed by atoms with Crippen LogP contribution in [0.25, 0.3) is 11.3 Å². The van der Waals surface area contributed by atoms with Gasteiger partial charge in [-0.25, -0.2) is 4.98 Å². The highest BCUT2D eigenvalue weighted by atomic mass is 32.2. The summed E-state index contributed by atoms with van der Waals surface area (Å²) in [5, 5.41) is 3.96. The number of carbonyl (C=O) groups is 1. The lowest BCUT2D eigenvalue weighted by Gasteiger charge is -2.11. The molecule has 0 radical (unpaired) electrons. The number of amides is 1. The van der Waals surface area contributed by atoms with E-state index in [-0.39, 0.29) is 5.91 Å². The van der Waals surface area contributed by atoms with Crippen molar-refractivity contribution in [1.82, 2.24) is 14.9 Å². The maximum atomic E-state index is 12.0. The van der Waals surface area contributed by atoms with Crippen LogP contribution in [0, 0.1) is 0 Å². The van der Waals surface area contributed by atoms with Crippen LogP contribution in [0.5, 0.6) is 5.75 Å². The molecule has 5 nitrogen and oxygen atoms in total. The maximum Gasteiger partial charge on any atom is 0.230 e. The first-order valence-electron chi connectivity index (χ1n) is 8.25. The summed E-state index contributed by atoms with van der Waals surface area (Å²) < 4.78 is 7.21. The Morgan fingerprint density at radius 1 is 1.33 bits per heavy atom. The minimum Gasteiger partial charge on any atom is -0.497 e. The third-order valence-electron chi connectivity index (χ3n) is 4.38. The Bertz CT molecular complexity index is 691. The number of benzene rings is 1. The second-order valence-corrected chi connectivity index (χ2v) is 6.99. The Balaban J connectivity index is 1.60. The van der Waals surface area contributed by atoms with Gasteiger partial charge in [-0.1, -0.05) is 24.6 Å². The minimum atomic E-state index is 0.0981. The first-order chi connectivity index (χ1) is 11.7. The zero-order valence-electron chi connectivity index (χ0n) is 14.1. The molecule has 24 heavy (non-hydrogen) atoms. The van der Waals surface area contributed by atoms with Crippen LogP contribution < -0.4 is 10.1 Å². The summed E-state index contributed by atoms with van der Waals surface area (Å²) in [6.07, 6.45) is 6.52. The zero-order valence-corrected chi connectivity index (χ0v) is 14.9. The van der Waals surface area contributed by atoms with E-state index in [4.69, 9.17) is 4.74 Å². The van der Waals surface area contributed by atoms with Crippen LogP contribution in [0.15, 0.2) is 35.6 Å². The fourth-order valence-corrected chi connectivity index (χ4v) is 3.79. The van der Waals surface area contributed by atoms with Gasteiger partial charge in [0.1, 0.15) is 5.75 Å². The van der Waals surface area contributed by atoms with Crippen molar-refractivity contribution < 1.29 is 9.53 Å². The maximum absolute atomic E-state index is 12.0. The lowest BCUT2D eigenvalue weighted by Crippen LogP contribution is -2.33. The van der Waals surface area contributed by atoms with E-state index in [1.807, 2.05) is 42.1 Å². The summed E-state index contributed by atoms with van der Waals surface area (Å²) in [5.74, 6) is 1.34. The number of ether oxygens (including phenoxy) is 1. The number of thioether (sulfide) groups is 1. The van der Waals surface area contributed by atoms with Gasteiger partial charge in [0.15, 0.2) is 5.16 Å². The highest BCUT2D eigenvalue weighted by molar-refractivity contribution is 7.99. The van der Waals surface area contributed by atoms with Crippen LogP contribution in [0.1, 0.15) is 25.7 Å². The third-order valence-corrected chi connectivity index (χ3v) is 5.43. The predicted molar refractivity (Wildman–Crippen MR) is 96.3 cm³/mol. The van der Waals surface area contributed by atoms with Gasteiger partial charge in [0.2, 0.25) is 5.91 Å². The molecule has 1 heterocycles. The average Bonchev–Trinajstić information content (AvgIpc) is 3.23. The smallest absolute Gasteiger partial charge is 0.230 e. The van der Waals surface area contributed by atoms with E-state index in [9.17, 15) is 4.79 Å². The summed E-state index contributed by atoms with van der Waals surface area (Å²) >= 11 is 1.48. The molecule has 0 spiro atoms. The van der Waals surface area contributed by atoms with Gasteiger partial charge in [-0.3, -0.25) is 4.79 Å². The SMILES string of the molecule is COc1ccc(-c2cnc(SCC(=O)NC3CCCC3)n2C)cc1. The molecule has 1 fully saturated rings. The van der Waals surface area contributed by atoms with Gasteiger partial charge in [-0.15, -0.1) is 0 Å². The van der Waals surface area contributed by atoms with Crippen LogP contribution in [0.2, 0.25) is 0 Å². The summed E-state index contributed by atoms with van der Waals surface area (Å²) in [6, 6.07) is 8.26. The number of nitrogens with one attached hydrogen (secondary N) is 1. The van der Waals surface area contributed by atoms with Crippen molar-refractivity contribution in [3.8, 4) is 17.0 Å². The molecule has 1 aliphatic carbocycles. The molecule has 1 amide bonds. The Kier molecular flexibility index (Phi) is 5.45. The van der Waals surface area contributed by atoms with E-state index >= 15 is 0 Å². The molecule has 0 unspecified atom stereocenters. The molecule has 1 aliphatic rings. The number of rotatable bonds is 6. The van der Waals surface area contributed by atoms with Crippen LogP contribution >= 0.6 is 11.8 Å². The molecule has 1 aromatic carbocycles. The number of hydrogen-bond acceptors (Lipinski definition) is 4. The first-order valence-corrected chi connectivity index (χ1v) is 9.24. The standard InChI is InChI=1S/C18H23N3O2S/c1-21-16(13-7-9-15(23-2)10-8-13)11-19-18(21)24-12-17(22)20-14-5-3-4-6-14/h7-11,14H,3-6,12H2,1-2H3,(H,20,22). The molecule has 1 saturated carbocycles.